The molecule has 0 atom stereocenters. The molecule has 0 amide bonds. The minimum atomic E-state index is -0.0176. The van der Waals surface area contributed by atoms with Crippen LogP contribution in [0.1, 0.15) is 34.2 Å². The van der Waals surface area contributed by atoms with Crippen molar-refractivity contribution in [3.8, 4) is 16.9 Å². The zero-order valence-corrected chi connectivity index (χ0v) is 15.1. The molecule has 5 heteroatoms. The van der Waals surface area contributed by atoms with Gasteiger partial charge in [-0.05, 0) is 41.3 Å². The molecule has 0 bridgehead atoms. The van der Waals surface area contributed by atoms with Crippen molar-refractivity contribution in [2.24, 2.45) is 0 Å². The van der Waals surface area contributed by atoms with E-state index in [-0.39, 0.29) is 5.78 Å². The molecule has 0 unspecified atom stereocenters. The Bertz CT molecular complexity index is 1030. The predicted molar refractivity (Wildman–Crippen MR) is 103 cm³/mol. The van der Waals surface area contributed by atoms with Crippen LogP contribution in [0, 0.1) is 0 Å². The van der Waals surface area contributed by atoms with E-state index in [0.717, 1.165) is 28.9 Å². The molecule has 134 valence electrons. The Morgan fingerprint density at radius 2 is 1.96 bits per heavy atom. The molecule has 0 spiro atoms. The molecular weight excluding hydrogens is 338 g/mol. The van der Waals surface area contributed by atoms with Gasteiger partial charge in [0, 0.05) is 24.0 Å². The zero-order valence-electron chi connectivity index (χ0n) is 15.1. The summed E-state index contributed by atoms with van der Waals surface area (Å²) in [7, 11) is 0. The Balaban J connectivity index is 1.57. The van der Waals surface area contributed by atoms with Gasteiger partial charge in [-0.3, -0.25) is 4.79 Å². The van der Waals surface area contributed by atoms with Gasteiger partial charge < -0.3 is 4.74 Å². The fourth-order valence-electron chi connectivity index (χ4n) is 3.34. The van der Waals surface area contributed by atoms with Gasteiger partial charge in [0.1, 0.15) is 24.2 Å². The molecule has 0 saturated heterocycles. The second-order valence-electron chi connectivity index (χ2n) is 6.59. The SMILES string of the molecule is C=C(C)C(=O)c1ccc2c(c1)-c1cccc(OCCc3ncncn3)c1C2. The van der Waals surface area contributed by atoms with Crippen LogP contribution in [0.3, 0.4) is 0 Å². The average Bonchev–Trinajstić information content (AvgIpc) is 3.07. The van der Waals surface area contributed by atoms with Gasteiger partial charge in [-0.25, -0.2) is 15.0 Å². The van der Waals surface area contributed by atoms with E-state index < -0.39 is 0 Å². The van der Waals surface area contributed by atoms with Crippen molar-refractivity contribution in [3.63, 3.8) is 0 Å². The fraction of sp³-hybridized carbons (Fsp3) is 0.182. The van der Waals surface area contributed by atoms with Crippen molar-refractivity contribution in [2.45, 2.75) is 19.8 Å². The number of hydrogen-bond donors (Lipinski definition) is 0. The zero-order chi connectivity index (χ0) is 18.8. The Morgan fingerprint density at radius 1 is 1.15 bits per heavy atom. The highest BCUT2D eigenvalue weighted by molar-refractivity contribution is 6.08. The lowest BCUT2D eigenvalue weighted by atomic mass is 9.99. The summed E-state index contributed by atoms with van der Waals surface area (Å²) in [6.07, 6.45) is 4.40. The summed E-state index contributed by atoms with van der Waals surface area (Å²) in [5, 5.41) is 0. The largest absolute Gasteiger partial charge is 0.493 e. The second kappa shape index (κ2) is 7.11. The van der Waals surface area contributed by atoms with E-state index in [2.05, 4.69) is 27.6 Å². The highest BCUT2D eigenvalue weighted by atomic mass is 16.5. The van der Waals surface area contributed by atoms with E-state index in [9.17, 15) is 4.79 Å². The molecule has 2 aromatic carbocycles. The number of Topliss-reactive ketones (excluding diaryl/α,β-unsaturated/α-hetero) is 1. The van der Waals surface area contributed by atoms with Crippen molar-refractivity contribution in [2.75, 3.05) is 6.61 Å². The van der Waals surface area contributed by atoms with Crippen LogP contribution in [0.25, 0.3) is 11.1 Å². The third-order valence-electron chi connectivity index (χ3n) is 4.68. The Morgan fingerprint density at radius 3 is 2.74 bits per heavy atom. The van der Waals surface area contributed by atoms with Crippen LogP contribution in [0.2, 0.25) is 0 Å². The molecule has 0 radical (unpaired) electrons. The van der Waals surface area contributed by atoms with Crippen molar-refractivity contribution in [3.05, 3.63) is 83.7 Å². The first-order valence-corrected chi connectivity index (χ1v) is 8.82. The summed E-state index contributed by atoms with van der Waals surface area (Å²) < 4.78 is 6.02. The van der Waals surface area contributed by atoms with Gasteiger partial charge in [0.15, 0.2) is 5.78 Å². The van der Waals surface area contributed by atoms with Crippen molar-refractivity contribution in [1.29, 1.82) is 0 Å². The van der Waals surface area contributed by atoms with Crippen LogP contribution < -0.4 is 4.74 Å². The quantitative estimate of drug-likeness (QED) is 0.388. The molecular formula is C22H19N3O2. The highest BCUT2D eigenvalue weighted by Crippen LogP contribution is 2.41. The number of carbonyl (C=O) groups is 1. The summed E-state index contributed by atoms with van der Waals surface area (Å²) in [6, 6.07) is 11.9. The van der Waals surface area contributed by atoms with Gasteiger partial charge in [-0.15, -0.1) is 0 Å². The average molecular weight is 357 g/mol. The maximum absolute atomic E-state index is 12.3. The van der Waals surface area contributed by atoms with Crippen molar-refractivity contribution in [1.82, 2.24) is 15.0 Å². The Hall–Kier alpha value is -3.34. The maximum Gasteiger partial charge on any atom is 0.188 e. The van der Waals surface area contributed by atoms with Gasteiger partial charge in [-0.1, -0.05) is 30.8 Å². The summed E-state index contributed by atoms with van der Waals surface area (Å²) >= 11 is 0. The molecule has 1 aliphatic carbocycles. The smallest absolute Gasteiger partial charge is 0.188 e. The topological polar surface area (TPSA) is 65.0 Å². The number of rotatable bonds is 6. The van der Waals surface area contributed by atoms with E-state index in [1.807, 2.05) is 30.3 Å². The van der Waals surface area contributed by atoms with Crippen LogP contribution in [0.4, 0.5) is 0 Å². The first-order valence-electron chi connectivity index (χ1n) is 8.82. The monoisotopic (exact) mass is 357 g/mol. The van der Waals surface area contributed by atoms with Gasteiger partial charge >= 0.3 is 0 Å². The molecule has 0 saturated carbocycles. The molecule has 5 nitrogen and oxygen atoms in total. The number of carbonyl (C=O) groups excluding carboxylic acids is 1. The van der Waals surface area contributed by atoms with Crippen molar-refractivity contribution >= 4 is 5.78 Å². The van der Waals surface area contributed by atoms with E-state index in [4.69, 9.17) is 4.74 Å². The van der Waals surface area contributed by atoms with Crippen LogP contribution in [-0.2, 0) is 12.8 Å². The maximum atomic E-state index is 12.3. The summed E-state index contributed by atoms with van der Waals surface area (Å²) in [5.41, 5.74) is 5.80. The van der Waals surface area contributed by atoms with Crippen LogP contribution in [0.5, 0.6) is 5.75 Å². The minimum Gasteiger partial charge on any atom is -0.493 e. The normalized spacial score (nSPS) is 11.6. The molecule has 1 aromatic heterocycles. The lowest BCUT2D eigenvalue weighted by molar-refractivity contribution is 0.103. The lowest BCUT2D eigenvalue weighted by Gasteiger charge is -2.10. The Labute approximate surface area is 157 Å². The van der Waals surface area contributed by atoms with Gasteiger partial charge in [0.05, 0.1) is 6.61 Å². The van der Waals surface area contributed by atoms with E-state index in [1.165, 1.54) is 18.2 Å². The van der Waals surface area contributed by atoms with Crippen LogP contribution >= 0.6 is 0 Å². The van der Waals surface area contributed by atoms with E-state index in [0.29, 0.717) is 30.0 Å². The van der Waals surface area contributed by atoms with Gasteiger partial charge in [-0.2, -0.15) is 0 Å². The fourth-order valence-corrected chi connectivity index (χ4v) is 3.34. The third-order valence-corrected chi connectivity index (χ3v) is 4.68. The van der Waals surface area contributed by atoms with Crippen molar-refractivity contribution < 1.29 is 9.53 Å². The Kier molecular flexibility index (Phi) is 4.50. The van der Waals surface area contributed by atoms with Crippen LogP contribution in [0.15, 0.2) is 61.2 Å². The van der Waals surface area contributed by atoms with Gasteiger partial charge in [0.25, 0.3) is 0 Å². The number of benzene rings is 2. The molecule has 0 N–H and O–H groups in total. The van der Waals surface area contributed by atoms with Gasteiger partial charge in [0.2, 0.25) is 0 Å². The van der Waals surface area contributed by atoms with E-state index in [1.54, 1.807) is 6.92 Å². The third kappa shape index (κ3) is 3.36. The van der Waals surface area contributed by atoms with Crippen LogP contribution in [-0.4, -0.2) is 27.3 Å². The predicted octanol–water partition coefficient (Wildman–Crippen LogP) is 3.82. The minimum absolute atomic E-state index is 0.0176. The summed E-state index contributed by atoms with van der Waals surface area (Å²) in [4.78, 5) is 24.3. The number of allylic oxidation sites excluding steroid dienone is 1. The second-order valence-corrected chi connectivity index (χ2v) is 6.59. The molecule has 27 heavy (non-hydrogen) atoms. The molecule has 0 aliphatic heterocycles. The first kappa shape index (κ1) is 17.1. The number of ether oxygens (including phenoxy) is 1. The number of aromatic nitrogens is 3. The highest BCUT2D eigenvalue weighted by Gasteiger charge is 2.23. The summed E-state index contributed by atoms with van der Waals surface area (Å²) in [5.74, 6) is 1.56. The number of fused-ring (bicyclic) bond motifs is 3. The molecule has 0 fully saturated rings. The molecule has 1 aliphatic rings. The number of hydrogen-bond acceptors (Lipinski definition) is 5. The molecule has 1 heterocycles. The summed E-state index contributed by atoms with van der Waals surface area (Å²) in [6.45, 7) is 5.99. The molecule has 4 rings (SSSR count). The first-order chi connectivity index (χ1) is 13.1. The molecule has 3 aromatic rings. The standard InChI is InChI=1S/C22H19N3O2/c1-14(2)22(26)16-7-6-15-10-19-17(18(15)11-16)4-3-5-20(19)27-9-8-21-24-12-23-13-25-21/h3-7,11-13H,1,8-10H2,2H3. The van der Waals surface area contributed by atoms with E-state index >= 15 is 0 Å². The number of ketones is 1. The lowest BCUT2D eigenvalue weighted by Crippen LogP contribution is -2.06. The number of nitrogens with zero attached hydrogens (tertiary/aromatic N) is 3.